The van der Waals surface area contributed by atoms with Crippen LogP contribution < -0.4 is 5.73 Å². The van der Waals surface area contributed by atoms with Crippen molar-refractivity contribution < 1.29 is 14.4 Å². The lowest BCUT2D eigenvalue weighted by Crippen LogP contribution is -2.32. The van der Waals surface area contributed by atoms with Gasteiger partial charge in [-0.2, -0.15) is 11.8 Å². The Labute approximate surface area is 79.3 Å². The van der Waals surface area contributed by atoms with Crippen molar-refractivity contribution in [3.8, 4) is 0 Å². The normalized spacial score (nSPS) is 12.7. The molecule has 0 fully saturated rings. The molecule has 0 aliphatic heterocycles. The summed E-state index contributed by atoms with van der Waals surface area (Å²) in [4.78, 5) is 10.3. The van der Waals surface area contributed by atoms with E-state index < -0.39 is 12.0 Å². The minimum Gasteiger partial charge on any atom is -0.480 e. The molecule has 1 aromatic heterocycles. The van der Waals surface area contributed by atoms with E-state index in [0.29, 0.717) is 11.5 Å². The number of aliphatic carboxylic acids is 1. The van der Waals surface area contributed by atoms with Crippen LogP contribution in [0.1, 0.15) is 5.76 Å². The molecule has 72 valence electrons. The van der Waals surface area contributed by atoms with E-state index in [1.165, 1.54) is 11.8 Å². The zero-order valence-electron chi connectivity index (χ0n) is 6.84. The summed E-state index contributed by atoms with van der Waals surface area (Å²) in [5.41, 5.74) is 5.29. The molecule has 0 bridgehead atoms. The quantitative estimate of drug-likeness (QED) is 0.714. The second kappa shape index (κ2) is 4.88. The van der Waals surface area contributed by atoms with Crippen LogP contribution in [-0.2, 0) is 10.5 Å². The number of hydrogen-bond acceptors (Lipinski definition) is 5. The maximum Gasteiger partial charge on any atom is 0.321 e. The molecule has 0 radical (unpaired) electrons. The van der Waals surface area contributed by atoms with E-state index >= 15 is 0 Å². The number of rotatable bonds is 5. The Bertz CT molecular complexity index is 263. The summed E-state index contributed by atoms with van der Waals surface area (Å²) < 4.78 is 4.82. The molecule has 0 spiro atoms. The summed E-state index contributed by atoms with van der Waals surface area (Å²) >= 11 is 1.41. The maximum absolute atomic E-state index is 10.3. The fraction of sp³-hybridized carbons (Fsp3) is 0.429. The average molecular weight is 202 g/mol. The van der Waals surface area contributed by atoms with Gasteiger partial charge in [0.05, 0.1) is 11.9 Å². The standard InChI is InChI=1S/C7H10N2O3S/c8-6(7(10)11)4-13-3-5-1-2-9-12-5/h1-2,6H,3-4,8H2,(H,10,11)/t6-/m1/s1. The van der Waals surface area contributed by atoms with Crippen LogP contribution >= 0.6 is 11.8 Å². The summed E-state index contributed by atoms with van der Waals surface area (Å²) in [6, 6.07) is 0.923. The van der Waals surface area contributed by atoms with E-state index in [1.807, 2.05) is 0 Å². The Kier molecular flexibility index (Phi) is 3.78. The van der Waals surface area contributed by atoms with E-state index in [-0.39, 0.29) is 0 Å². The first-order chi connectivity index (χ1) is 6.20. The predicted octanol–water partition coefficient (Wildman–Crippen LogP) is 0.320. The highest BCUT2D eigenvalue weighted by Gasteiger charge is 2.11. The van der Waals surface area contributed by atoms with Gasteiger partial charge in [-0.05, 0) is 0 Å². The van der Waals surface area contributed by atoms with Crippen molar-refractivity contribution in [2.24, 2.45) is 5.73 Å². The van der Waals surface area contributed by atoms with Crippen molar-refractivity contribution >= 4 is 17.7 Å². The van der Waals surface area contributed by atoms with Crippen LogP contribution in [0, 0.1) is 0 Å². The van der Waals surface area contributed by atoms with Gasteiger partial charge < -0.3 is 15.4 Å². The Morgan fingerprint density at radius 3 is 3.15 bits per heavy atom. The third-order valence-corrected chi connectivity index (χ3v) is 2.43. The van der Waals surface area contributed by atoms with Gasteiger partial charge in [-0.25, -0.2) is 0 Å². The van der Waals surface area contributed by atoms with Gasteiger partial charge in [0.1, 0.15) is 11.8 Å². The van der Waals surface area contributed by atoms with Crippen LogP contribution in [0.4, 0.5) is 0 Å². The van der Waals surface area contributed by atoms with Crippen molar-refractivity contribution in [1.82, 2.24) is 5.16 Å². The molecule has 1 aromatic rings. The lowest BCUT2D eigenvalue weighted by molar-refractivity contribution is -0.137. The minimum absolute atomic E-state index is 0.371. The van der Waals surface area contributed by atoms with E-state index in [0.717, 1.165) is 5.76 Å². The fourth-order valence-electron chi connectivity index (χ4n) is 0.674. The molecular weight excluding hydrogens is 192 g/mol. The Hall–Kier alpha value is -1.01. The van der Waals surface area contributed by atoms with Crippen LogP contribution in [0.15, 0.2) is 16.8 Å². The van der Waals surface area contributed by atoms with Gasteiger partial charge in [-0.15, -0.1) is 0 Å². The number of hydrogen-bond donors (Lipinski definition) is 2. The summed E-state index contributed by atoms with van der Waals surface area (Å²) in [7, 11) is 0. The second-order valence-corrected chi connectivity index (χ2v) is 3.47. The number of carboxylic acids is 1. The van der Waals surface area contributed by atoms with Crippen LogP contribution in [-0.4, -0.2) is 28.0 Å². The predicted molar refractivity (Wildman–Crippen MR) is 48.3 cm³/mol. The van der Waals surface area contributed by atoms with E-state index in [9.17, 15) is 4.79 Å². The van der Waals surface area contributed by atoms with Gasteiger partial charge in [-0.1, -0.05) is 5.16 Å². The first kappa shape index (κ1) is 10.1. The highest BCUT2D eigenvalue weighted by atomic mass is 32.2. The van der Waals surface area contributed by atoms with Crippen LogP contribution in [0.25, 0.3) is 0 Å². The zero-order chi connectivity index (χ0) is 9.68. The number of thioether (sulfide) groups is 1. The van der Waals surface area contributed by atoms with E-state index in [1.54, 1.807) is 12.3 Å². The van der Waals surface area contributed by atoms with Gasteiger partial charge >= 0.3 is 5.97 Å². The highest BCUT2D eigenvalue weighted by Crippen LogP contribution is 2.11. The summed E-state index contributed by atoms with van der Waals surface area (Å²) in [5.74, 6) is 0.712. The average Bonchev–Trinajstić information content (AvgIpc) is 2.56. The molecule has 0 aromatic carbocycles. The van der Waals surface area contributed by atoms with Crippen molar-refractivity contribution in [2.45, 2.75) is 11.8 Å². The molecule has 3 N–H and O–H groups in total. The van der Waals surface area contributed by atoms with Gasteiger partial charge in [0.2, 0.25) is 0 Å². The lowest BCUT2D eigenvalue weighted by atomic mass is 10.4. The summed E-state index contributed by atoms with van der Waals surface area (Å²) in [5, 5.41) is 12.0. The van der Waals surface area contributed by atoms with E-state index in [2.05, 4.69) is 5.16 Å². The molecule has 0 saturated carbocycles. The van der Waals surface area contributed by atoms with Crippen LogP contribution in [0.3, 0.4) is 0 Å². The molecule has 0 unspecified atom stereocenters. The fourth-order valence-corrected chi connectivity index (χ4v) is 1.54. The topological polar surface area (TPSA) is 89.4 Å². The monoisotopic (exact) mass is 202 g/mol. The number of nitrogens with two attached hydrogens (primary N) is 1. The van der Waals surface area contributed by atoms with Crippen molar-refractivity contribution in [1.29, 1.82) is 0 Å². The molecule has 0 amide bonds. The lowest BCUT2D eigenvalue weighted by Gasteiger charge is -2.03. The van der Waals surface area contributed by atoms with Gasteiger partial charge in [0.25, 0.3) is 0 Å². The van der Waals surface area contributed by atoms with Crippen LogP contribution in [0.2, 0.25) is 0 Å². The van der Waals surface area contributed by atoms with Gasteiger partial charge in [0.15, 0.2) is 0 Å². The Balaban J connectivity index is 2.18. The van der Waals surface area contributed by atoms with E-state index in [4.69, 9.17) is 15.4 Å². The SMILES string of the molecule is N[C@H](CSCc1ccno1)C(=O)O. The third-order valence-electron chi connectivity index (χ3n) is 1.35. The molecular formula is C7H10N2O3S. The summed E-state index contributed by atoms with van der Waals surface area (Å²) in [6.45, 7) is 0. The molecule has 1 heterocycles. The van der Waals surface area contributed by atoms with Gasteiger partial charge in [-0.3, -0.25) is 4.79 Å². The highest BCUT2D eigenvalue weighted by molar-refractivity contribution is 7.98. The smallest absolute Gasteiger partial charge is 0.321 e. The molecule has 0 aliphatic carbocycles. The zero-order valence-corrected chi connectivity index (χ0v) is 7.66. The second-order valence-electron chi connectivity index (χ2n) is 2.44. The molecule has 1 rings (SSSR count). The first-order valence-electron chi connectivity index (χ1n) is 3.66. The number of aromatic nitrogens is 1. The molecule has 0 saturated heterocycles. The Morgan fingerprint density at radius 2 is 2.62 bits per heavy atom. The summed E-state index contributed by atoms with van der Waals surface area (Å²) in [6.07, 6.45) is 1.55. The first-order valence-corrected chi connectivity index (χ1v) is 4.81. The van der Waals surface area contributed by atoms with Crippen LogP contribution in [0.5, 0.6) is 0 Å². The molecule has 0 aliphatic rings. The third kappa shape index (κ3) is 3.47. The molecule has 1 atom stereocenters. The van der Waals surface area contributed by atoms with Crippen molar-refractivity contribution in [2.75, 3.05) is 5.75 Å². The molecule has 5 nitrogen and oxygen atoms in total. The number of nitrogens with zero attached hydrogens (tertiary/aromatic N) is 1. The van der Waals surface area contributed by atoms with Crippen molar-refractivity contribution in [3.05, 3.63) is 18.0 Å². The number of carbonyl (C=O) groups is 1. The van der Waals surface area contributed by atoms with Crippen molar-refractivity contribution in [3.63, 3.8) is 0 Å². The Morgan fingerprint density at radius 1 is 1.85 bits per heavy atom. The largest absolute Gasteiger partial charge is 0.480 e. The molecule has 6 heteroatoms. The maximum atomic E-state index is 10.3. The minimum atomic E-state index is -0.981. The number of carboxylic acid groups (broad SMARTS) is 1. The van der Waals surface area contributed by atoms with Gasteiger partial charge in [0, 0.05) is 11.8 Å². The molecule has 13 heavy (non-hydrogen) atoms.